The Labute approximate surface area is 105 Å². The number of carboxylic acid groups (broad SMARTS) is 1. The van der Waals surface area contributed by atoms with Crippen LogP contribution in [0, 0.1) is 11.7 Å². The second kappa shape index (κ2) is 6.96. The Balaban J connectivity index is 2.46. The molecular formula is C13H18FNO3. The van der Waals surface area contributed by atoms with Crippen molar-refractivity contribution in [3.63, 3.8) is 0 Å². The Morgan fingerprint density at radius 1 is 1.50 bits per heavy atom. The third-order valence-corrected chi connectivity index (χ3v) is 2.72. The molecule has 0 saturated carbocycles. The first-order valence-corrected chi connectivity index (χ1v) is 5.92. The molecule has 5 heteroatoms. The molecule has 1 aromatic carbocycles. The fourth-order valence-electron chi connectivity index (χ4n) is 1.56. The highest BCUT2D eigenvalue weighted by Gasteiger charge is 2.08. The van der Waals surface area contributed by atoms with Crippen molar-refractivity contribution < 1.29 is 19.4 Å². The largest absolute Gasteiger partial charge is 0.478 e. The second-order valence-corrected chi connectivity index (χ2v) is 4.36. The molecule has 0 aliphatic carbocycles. The third-order valence-electron chi connectivity index (χ3n) is 2.72. The molecule has 0 spiro atoms. The smallest absolute Gasteiger partial charge is 0.335 e. The molecule has 4 nitrogen and oxygen atoms in total. The lowest BCUT2D eigenvalue weighted by molar-refractivity contribution is 0.0696. The molecule has 0 aromatic heterocycles. The Hall–Kier alpha value is -1.62. The number of aliphatic hydroxyl groups is 1. The van der Waals surface area contributed by atoms with Gasteiger partial charge in [0.15, 0.2) is 0 Å². The van der Waals surface area contributed by atoms with Crippen molar-refractivity contribution in [3.8, 4) is 0 Å². The number of benzene rings is 1. The first-order chi connectivity index (χ1) is 8.54. The summed E-state index contributed by atoms with van der Waals surface area (Å²) in [6.45, 7) is 2.69. The van der Waals surface area contributed by atoms with E-state index < -0.39 is 11.8 Å². The predicted octanol–water partition coefficient (Wildman–Crippen LogP) is 2.34. The number of anilines is 1. The summed E-state index contributed by atoms with van der Waals surface area (Å²) < 4.78 is 13.5. The summed E-state index contributed by atoms with van der Waals surface area (Å²) in [4.78, 5) is 10.6. The van der Waals surface area contributed by atoms with Gasteiger partial charge in [-0.15, -0.1) is 0 Å². The van der Waals surface area contributed by atoms with E-state index in [4.69, 9.17) is 10.2 Å². The van der Waals surface area contributed by atoms with Gasteiger partial charge in [-0.2, -0.15) is 0 Å². The quantitative estimate of drug-likeness (QED) is 0.654. The molecule has 3 N–H and O–H groups in total. The van der Waals surface area contributed by atoms with Gasteiger partial charge in [-0.3, -0.25) is 0 Å². The van der Waals surface area contributed by atoms with E-state index >= 15 is 0 Å². The molecule has 0 radical (unpaired) electrons. The molecule has 0 saturated heterocycles. The van der Waals surface area contributed by atoms with Gasteiger partial charge in [0.25, 0.3) is 0 Å². The summed E-state index contributed by atoms with van der Waals surface area (Å²) in [7, 11) is 0. The van der Waals surface area contributed by atoms with E-state index in [2.05, 4.69) is 5.32 Å². The van der Waals surface area contributed by atoms with Crippen LogP contribution < -0.4 is 5.32 Å². The molecule has 1 rings (SSSR count). The van der Waals surface area contributed by atoms with E-state index in [0.717, 1.165) is 18.9 Å². The Morgan fingerprint density at radius 3 is 2.78 bits per heavy atom. The molecule has 0 aliphatic heterocycles. The molecule has 1 aromatic rings. The van der Waals surface area contributed by atoms with Crippen molar-refractivity contribution in [3.05, 3.63) is 29.6 Å². The van der Waals surface area contributed by atoms with Gasteiger partial charge in [0.05, 0.1) is 11.3 Å². The zero-order valence-electron chi connectivity index (χ0n) is 10.3. The van der Waals surface area contributed by atoms with Crippen LogP contribution in [0.2, 0.25) is 0 Å². The minimum Gasteiger partial charge on any atom is -0.478 e. The van der Waals surface area contributed by atoms with Gasteiger partial charge >= 0.3 is 5.97 Å². The van der Waals surface area contributed by atoms with Crippen LogP contribution in [0.4, 0.5) is 10.1 Å². The van der Waals surface area contributed by atoms with Crippen LogP contribution in [0.5, 0.6) is 0 Å². The molecule has 0 fully saturated rings. The number of hydrogen-bond donors (Lipinski definition) is 3. The summed E-state index contributed by atoms with van der Waals surface area (Å²) in [5.41, 5.74) is 0.239. The normalized spacial score (nSPS) is 12.2. The predicted molar refractivity (Wildman–Crippen MR) is 67.3 cm³/mol. The number of hydrogen-bond acceptors (Lipinski definition) is 3. The third kappa shape index (κ3) is 4.33. The van der Waals surface area contributed by atoms with Gasteiger partial charge in [-0.25, -0.2) is 9.18 Å². The van der Waals surface area contributed by atoms with Crippen LogP contribution in [-0.2, 0) is 0 Å². The number of nitrogens with one attached hydrogen (secondary N) is 1. The SMILES string of the molecule is CC(CO)CCCNc1ccc(C(=O)O)cc1F. The molecular weight excluding hydrogens is 237 g/mol. The topological polar surface area (TPSA) is 69.6 Å². The molecule has 0 bridgehead atoms. The zero-order chi connectivity index (χ0) is 13.5. The van der Waals surface area contributed by atoms with E-state index in [1.54, 1.807) is 0 Å². The number of halogens is 1. The fraction of sp³-hybridized carbons (Fsp3) is 0.462. The summed E-state index contributed by atoms with van der Waals surface area (Å²) in [5.74, 6) is -1.46. The maximum Gasteiger partial charge on any atom is 0.335 e. The lowest BCUT2D eigenvalue weighted by atomic mass is 10.1. The zero-order valence-corrected chi connectivity index (χ0v) is 10.3. The molecule has 1 atom stereocenters. The molecule has 0 aliphatic rings. The Kier molecular flexibility index (Phi) is 5.58. The van der Waals surface area contributed by atoms with Gasteiger partial charge < -0.3 is 15.5 Å². The monoisotopic (exact) mass is 255 g/mol. The average molecular weight is 255 g/mol. The second-order valence-electron chi connectivity index (χ2n) is 4.36. The highest BCUT2D eigenvalue weighted by Crippen LogP contribution is 2.16. The van der Waals surface area contributed by atoms with Crippen LogP contribution in [-0.4, -0.2) is 29.3 Å². The molecule has 0 heterocycles. The summed E-state index contributed by atoms with van der Waals surface area (Å²) >= 11 is 0. The van der Waals surface area contributed by atoms with E-state index in [9.17, 15) is 9.18 Å². The van der Waals surface area contributed by atoms with E-state index in [-0.39, 0.29) is 18.1 Å². The van der Waals surface area contributed by atoms with E-state index in [1.807, 2.05) is 6.92 Å². The summed E-state index contributed by atoms with van der Waals surface area (Å²) in [6, 6.07) is 3.79. The lowest BCUT2D eigenvalue weighted by Gasteiger charge is -2.10. The Morgan fingerprint density at radius 2 is 2.22 bits per heavy atom. The maximum atomic E-state index is 13.5. The van der Waals surface area contributed by atoms with E-state index in [1.165, 1.54) is 12.1 Å². The van der Waals surface area contributed by atoms with Crippen LogP contribution in [0.15, 0.2) is 18.2 Å². The first kappa shape index (κ1) is 14.4. The first-order valence-electron chi connectivity index (χ1n) is 5.92. The number of aromatic carboxylic acids is 1. The minimum atomic E-state index is -1.14. The highest BCUT2D eigenvalue weighted by molar-refractivity contribution is 5.88. The number of rotatable bonds is 7. The van der Waals surface area contributed by atoms with Crippen molar-refractivity contribution in [2.24, 2.45) is 5.92 Å². The van der Waals surface area contributed by atoms with E-state index in [0.29, 0.717) is 12.2 Å². The van der Waals surface area contributed by atoms with Gasteiger partial charge in [0, 0.05) is 13.2 Å². The van der Waals surface area contributed by atoms with Crippen LogP contribution in [0.1, 0.15) is 30.1 Å². The van der Waals surface area contributed by atoms with Crippen molar-refractivity contribution >= 4 is 11.7 Å². The molecule has 0 amide bonds. The minimum absolute atomic E-state index is 0.0630. The van der Waals surface area contributed by atoms with Crippen LogP contribution in [0.3, 0.4) is 0 Å². The summed E-state index contributed by atoms with van der Waals surface area (Å²) in [6.07, 6.45) is 1.68. The van der Waals surface area contributed by atoms with Crippen molar-refractivity contribution in [1.82, 2.24) is 0 Å². The maximum absolute atomic E-state index is 13.5. The molecule has 100 valence electrons. The highest BCUT2D eigenvalue weighted by atomic mass is 19.1. The standard InChI is InChI=1S/C13H18FNO3/c1-9(8-16)3-2-6-15-12-5-4-10(13(17)18)7-11(12)14/h4-5,7,9,15-16H,2-3,6,8H2,1H3,(H,17,18). The van der Waals surface area contributed by atoms with Gasteiger partial charge in [0.1, 0.15) is 5.82 Å². The fourth-order valence-corrected chi connectivity index (χ4v) is 1.56. The van der Waals surface area contributed by atoms with Crippen molar-refractivity contribution in [1.29, 1.82) is 0 Å². The van der Waals surface area contributed by atoms with Crippen molar-refractivity contribution in [2.75, 3.05) is 18.5 Å². The van der Waals surface area contributed by atoms with Gasteiger partial charge in [0.2, 0.25) is 0 Å². The van der Waals surface area contributed by atoms with Crippen LogP contribution in [0.25, 0.3) is 0 Å². The van der Waals surface area contributed by atoms with Gasteiger partial charge in [-0.1, -0.05) is 6.92 Å². The number of aliphatic hydroxyl groups excluding tert-OH is 1. The molecule has 1 unspecified atom stereocenters. The number of carbonyl (C=O) groups is 1. The van der Waals surface area contributed by atoms with Crippen LogP contribution >= 0.6 is 0 Å². The molecule has 18 heavy (non-hydrogen) atoms. The summed E-state index contributed by atoms with van der Waals surface area (Å²) in [5, 5.41) is 20.4. The van der Waals surface area contributed by atoms with Crippen molar-refractivity contribution in [2.45, 2.75) is 19.8 Å². The lowest BCUT2D eigenvalue weighted by Crippen LogP contribution is -2.08. The average Bonchev–Trinajstić information content (AvgIpc) is 2.35. The Bertz CT molecular complexity index is 409. The number of carboxylic acids is 1. The van der Waals surface area contributed by atoms with Gasteiger partial charge in [-0.05, 0) is 37.0 Å².